The van der Waals surface area contributed by atoms with Crippen molar-refractivity contribution in [2.24, 2.45) is 0 Å². The number of carbonyl (C=O) groups is 1. The van der Waals surface area contributed by atoms with Crippen LogP contribution in [0.2, 0.25) is 0 Å². The van der Waals surface area contributed by atoms with Gasteiger partial charge in [0, 0.05) is 26.7 Å². The third kappa shape index (κ3) is 6.64. The lowest BCUT2D eigenvalue weighted by Gasteiger charge is -2.39. The zero-order valence-electron chi connectivity index (χ0n) is 21.0. The monoisotopic (exact) mass is 552 g/mol. The molecule has 3 aromatic carbocycles. The van der Waals surface area contributed by atoms with Crippen LogP contribution < -0.4 is 0 Å². The molecule has 0 aliphatic heterocycles. The van der Waals surface area contributed by atoms with Crippen LogP contribution in [0.1, 0.15) is 60.5 Å². The van der Waals surface area contributed by atoms with Gasteiger partial charge in [0.2, 0.25) is 0 Å². The van der Waals surface area contributed by atoms with Crippen LogP contribution in [-0.4, -0.2) is 19.7 Å². The fourth-order valence-corrected chi connectivity index (χ4v) is 8.55. The fourth-order valence-electron chi connectivity index (χ4n) is 3.85. The van der Waals surface area contributed by atoms with E-state index in [9.17, 15) is 26.4 Å². The summed E-state index contributed by atoms with van der Waals surface area (Å²) in [7, 11) is -9.39. The van der Waals surface area contributed by atoms with E-state index in [1.807, 2.05) is 13.8 Å². The van der Waals surface area contributed by atoms with Gasteiger partial charge in [0.1, 0.15) is 0 Å². The molecule has 0 bridgehead atoms. The highest BCUT2D eigenvalue weighted by Gasteiger charge is 2.52. The topological polar surface area (TPSA) is 60.4 Å². The second-order valence-corrected chi connectivity index (χ2v) is 13.4. The third-order valence-corrected chi connectivity index (χ3v) is 10.9. The van der Waals surface area contributed by atoms with Gasteiger partial charge in [-0.3, -0.25) is 4.79 Å². The molecule has 0 radical (unpaired) electrons. The predicted octanol–water partition coefficient (Wildman–Crippen LogP) is 8.52. The van der Waals surface area contributed by atoms with Gasteiger partial charge >= 0.3 is 15.6 Å². The molecule has 0 aromatic heterocycles. The number of ketones is 1. The van der Waals surface area contributed by atoms with E-state index in [1.165, 1.54) is 24.3 Å². The lowest BCUT2D eigenvalue weighted by molar-refractivity contribution is -0.0496. The minimum Gasteiger partial charge on any atom is -0.294 e. The molecule has 0 heterocycles. The number of unbranched alkanes of at least 4 members (excludes halogenated alkanes) is 3. The van der Waals surface area contributed by atoms with E-state index in [4.69, 9.17) is 3.63 Å². The van der Waals surface area contributed by atoms with Gasteiger partial charge in [0.05, 0.1) is 0 Å². The molecular formula is C28H31F3O4S2. The minimum atomic E-state index is -5.99. The Hall–Kier alpha value is -2.62. The molecule has 200 valence electrons. The smallest absolute Gasteiger partial charge is 0.294 e. The van der Waals surface area contributed by atoms with Crippen LogP contribution in [0.4, 0.5) is 13.2 Å². The largest absolute Gasteiger partial charge is 0.524 e. The molecule has 3 rings (SSSR count). The Balaban J connectivity index is 2.19. The number of aryl methyl sites for hydroxylation is 2. The zero-order valence-corrected chi connectivity index (χ0v) is 22.7. The molecule has 9 heteroatoms. The van der Waals surface area contributed by atoms with Gasteiger partial charge in [-0.2, -0.15) is 25.2 Å². The lowest BCUT2D eigenvalue weighted by Crippen LogP contribution is -2.27. The summed E-state index contributed by atoms with van der Waals surface area (Å²) < 4.78 is 71.2. The van der Waals surface area contributed by atoms with Gasteiger partial charge < -0.3 is 0 Å². The Morgan fingerprint density at radius 3 is 1.57 bits per heavy atom. The van der Waals surface area contributed by atoms with E-state index in [1.54, 1.807) is 48.5 Å². The average molecular weight is 553 g/mol. The summed E-state index contributed by atoms with van der Waals surface area (Å²) in [5, 5.41) is 0. The molecule has 4 nitrogen and oxygen atoms in total. The molecular weight excluding hydrogens is 521 g/mol. The predicted molar refractivity (Wildman–Crippen MR) is 140 cm³/mol. The van der Waals surface area contributed by atoms with Crippen molar-refractivity contribution in [2.45, 2.75) is 73.1 Å². The van der Waals surface area contributed by atoms with Crippen LogP contribution in [0.5, 0.6) is 0 Å². The molecule has 0 aliphatic carbocycles. The summed E-state index contributed by atoms with van der Waals surface area (Å²) in [6.45, 7) is 5.72. The maximum atomic E-state index is 13.6. The van der Waals surface area contributed by atoms with E-state index in [0.29, 0.717) is 12.0 Å². The van der Waals surface area contributed by atoms with Gasteiger partial charge in [0.25, 0.3) is 0 Å². The number of hydrogen-bond donors (Lipinski definition) is 0. The summed E-state index contributed by atoms with van der Waals surface area (Å²) in [5.41, 5.74) is -3.50. The summed E-state index contributed by atoms with van der Waals surface area (Å²) in [5.74, 6) is -0.0715. The van der Waals surface area contributed by atoms with Crippen molar-refractivity contribution in [1.29, 1.82) is 0 Å². The number of Topliss-reactive ketones (excluding diaryl/α,β-unsaturated/α-hetero) is 1. The number of alkyl halides is 3. The van der Waals surface area contributed by atoms with Gasteiger partial charge in [-0.25, -0.2) is 0 Å². The van der Waals surface area contributed by atoms with E-state index in [-0.39, 0.29) is 20.5 Å². The van der Waals surface area contributed by atoms with Gasteiger partial charge in [-0.05, 0) is 67.0 Å². The third-order valence-electron chi connectivity index (χ3n) is 5.95. The quantitative estimate of drug-likeness (QED) is 0.136. The maximum absolute atomic E-state index is 13.6. The number of hydrogen-bond acceptors (Lipinski definition) is 4. The maximum Gasteiger partial charge on any atom is 0.524 e. The van der Waals surface area contributed by atoms with Crippen molar-refractivity contribution in [3.63, 3.8) is 0 Å². The van der Waals surface area contributed by atoms with E-state index in [2.05, 4.69) is 6.92 Å². The Kier molecular flexibility index (Phi) is 9.26. The van der Waals surface area contributed by atoms with Crippen LogP contribution in [-0.2, 0) is 13.7 Å². The minimum absolute atomic E-state index is 0.0715. The molecule has 3 aromatic rings. The molecule has 0 aliphatic rings. The molecule has 0 saturated carbocycles. The molecule has 0 amide bonds. The Labute approximate surface area is 218 Å². The second kappa shape index (κ2) is 11.8. The standard InChI is InChI=1S/C28H31F3O4S2/c1-4-5-6-7-8-27(32)23-13-19-26(20-14-23)36(24-15-9-21(2)10-16-24,25-17-11-22(3)12-18-25)35-37(33,34)28(29,30)31/h9-20H,4-8H2,1-3H3. The van der Waals surface area contributed by atoms with Gasteiger partial charge in [-0.15, -0.1) is 0 Å². The average Bonchev–Trinajstić information content (AvgIpc) is 2.85. The van der Waals surface area contributed by atoms with E-state index in [0.717, 1.165) is 36.8 Å². The van der Waals surface area contributed by atoms with Crippen molar-refractivity contribution >= 4 is 26.2 Å². The van der Waals surface area contributed by atoms with Crippen molar-refractivity contribution < 1.29 is 30.0 Å². The van der Waals surface area contributed by atoms with Gasteiger partial charge in [0.15, 0.2) is 5.78 Å². The first-order chi connectivity index (χ1) is 17.4. The number of carbonyl (C=O) groups excluding carboxylic acids is 1. The Morgan fingerprint density at radius 2 is 1.16 bits per heavy atom. The highest BCUT2D eigenvalue weighted by molar-refractivity contribution is 8.33. The number of halogens is 3. The molecule has 0 unspecified atom stereocenters. The zero-order chi connectivity index (χ0) is 27.3. The Bertz CT molecular complexity index is 1250. The van der Waals surface area contributed by atoms with Crippen LogP contribution in [0.15, 0.2) is 87.5 Å². The Morgan fingerprint density at radius 1 is 0.730 bits per heavy atom. The van der Waals surface area contributed by atoms with Crippen LogP contribution >= 0.6 is 10.3 Å². The first-order valence-electron chi connectivity index (χ1n) is 12.0. The first kappa shape index (κ1) is 28.9. The SMILES string of the molecule is CCCCCCC(=O)c1ccc(S(OS(=O)(=O)C(F)(F)F)(c2ccc(C)cc2)c2ccc(C)cc2)cc1. The summed E-state index contributed by atoms with van der Waals surface area (Å²) in [6, 6.07) is 19.2. The number of benzene rings is 3. The molecule has 0 N–H and O–H groups in total. The van der Waals surface area contributed by atoms with Crippen LogP contribution in [0.3, 0.4) is 0 Å². The first-order valence-corrected chi connectivity index (χ1v) is 15.0. The molecule has 0 fully saturated rings. The number of rotatable bonds is 11. The molecule has 0 spiro atoms. The molecule has 37 heavy (non-hydrogen) atoms. The van der Waals surface area contributed by atoms with Crippen LogP contribution in [0, 0.1) is 13.8 Å². The van der Waals surface area contributed by atoms with Crippen molar-refractivity contribution in [1.82, 2.24) is 0 Å². The van der Waals surface area contributed by atoms with Crippen molar-refractivity contribution in [3.8, 4) is 0 Å². The van der Waals surface area contributed by atoms with Gasteiger partial charge in [-0.1, -0.05) is 73.7 Å². The molecule has 0 saturated heterocycles. The summed E-state index contributed by atoms with van der Waals surface area (Å²) in [6.07, 6.45) is 4.15. The highest BCUT2D eigenvalue weighted by Crippen LogP contribution is 2.70. The summed E-state index contributed by atoms with van der Waals surface area (Å²) >= 11 is 0. The van der Waals surface area contributed by atoms with Crippen molar-refractivity contribution in [2.75, 3.05) is 0 Å². The van der Waals surface area contributed by atoms with E-state index < -0.39 is 25.9 Å². The lowest BCUT2D eigenvalue weighted by atomic mass is 10.0. The van der Waals surface area contributed by atoms with Crippen molar-refractivity contribution in [3.05, 3.63) is 89.5 Å². The van der Waals surface area contributed by atoms with E-state index >= 15 is 0 Å². The molecule has 0 atom stereocenters. The summed E-state index contributed by atoms with van der Waals surface area (Å²) in [4.78, 5) is 13.5. The van der Waals surface area contributed by atoms with Crippen LogP contribution in [0.25, 0.3) is 0 Å². The normalized spacial score (nSPS) is 12.9. The highest BCUT2D eigenvalue weighted by atomic mass is 32.3. The second-order valence-electron chi connectivity index (χ2n) is 8.91. The fraction of sp³-hybridized carbons (Fsp3) is 0.321.